The molecule has 1 aromatic heterocycles. The Morgan fingerprint density at radius 2 is 1.10 bits per heavy atom. The molecular formula is C37H27NOSi. The van der Waals surface area contributed by atoms with Gasteiger partial charge in [0.15, 0.2) is 13.8 Å². The van der Waals surface area contributed by atoms with E-state index >= 15 is 0 Å². The number of nitrogens with zero attached hydrogens (tertiary/aromatic N) is 1. The molecule has 2 heterocycles. The largest absolute Gasteiger partial charge is 0.455 e. The lowest BCUT2D eigenvalue weighted by Crippen LogP contribution is -2.76. The first-order chi connectivity index (χ1) is 19.8. The molecule has 40 heavy (non-hydrogen) atoms. The summed E-state index contributed by atoms with van der Waals surface area (Å²) >= 11 is 0. The molecule has 6 aromatic carbocycles. The van der Waals surface area contributed by atoms with Crippen LogP contribution in [0.2, 0.25) is 0 Å². The maximum Gasteiger partial charge on any atom is 0.188 e. The molecule has 1 aliphatic heterocycles. The van der Waals surface area contributed by atoms with Crippen molar-refractivity contribution >= 4 is 50.6 Å². The average molecular weight is 530 g/mol. The van der Waals surface area contributed by atoms with Gasteiger partial charge in [0.25, 0.3) is 0 Å². The third-order valence-electron chi connectivity index (χ3n) is 8.44. The van der Waals surface area contributed by atoms with Gasteiger partial charge >= 0.3 is 0 Å². The quantitative estimate of drug-likeness (QED) is 0.236. The average Bonchev–Trinajstić information content (AvgIpc) is 3.37. The Morgan fingerprint density at radius 1 is 0.500 bits per heavy atom. The Kier molecular flexibility index (Phi) is 5.09. The van der Waals surface area contributed by atoms with E-state index in [0.717, 1.165) is 28.3 Å². The van der Waals surface area contributed by atoms with Crippen molar-refractivity contribution in [2.75, 3.05) is 0 Å². The predicted octanol–water partition coefficient (Wildman–Crippen LogP) is 6.58. The highest BCUT2D eigenvalue weighted by molar-refractivity contribution is 7.20. The minimum Gasteiger partial charge on any atom is -0.455 e. The second-order valence-electron chi connectivity index (χ2n) is 10.6. The molecule has 0 unspecified atom stereocenters. The third-order valence-corrected chi connectivity index (χ3v) is 13.2. The van der Waals surface area contributed by atoms with Crippen molar-refractivity contribution < 1.29 is 4.74 Å². The van der Waals surface area contributed by atoms with Crippen LogP contribution in [-0.2, 0) is 0 Å². The van der Waals surface area contributed by atoms with Crippen molar-refractivity contribution in [1.29, 1.82) is 0 Å². The Labute approximate surface area is 234 Å². The summed E-state index contributed by atoms with van der Waals surface area (Å²) in [5.41, 5.74) is 4.60. The number of aryl methyl sites for hydroxylation is 1. The zero-order chi connectivity index (χ0) is 26.7. The van der Waals surface area contributed by atoms with Crippen molar-refractivity contribution in [3.05, 3.63) is 151 Å². The lowest BCUT2D eigenvalue weighted by atomic mass is 10.1. The number of rotatable bonds is 3. The lowest BCUT2D eigenvalue weighted by Gasteiger charge is -2.40. The summed E-state index contributed by atoms with van der Waals surface area (Å²) in [4.78, 5) is 0. The van der Waals surface area contributed by atoms with Crippen LogP contribution in [0.3, 0.4) is 0 Å². The normalized spacial score (nSPS) is 13.5. The molecule has 2 nitrogen and oxygen atoms in total. The fourth-order valence-corrected chi connectivity index (χ4v) is 11.8. The van der Waals surface area contributed by atoms with Crippen molar-refractivity contribution in [2.24, 2.45) is 0 Å². The smallest absolute Gasteiger partial charge is 0.188 e. The lowest BCUT2D eigenvalue weighted by molar-refractivity contribution is 0.487. The van der Waals surface area contributed by atoms with Gasteiger partial charge in [0.1, 0.15) is 5.75 Å². The van der Waals surface area contributed by atoms with E-state index in [9.17, 15) is 0 Å². The van der Waals surface area contributed by atoms with Gasteiger partial charge in [-0.2, -0.15) is 0 Å². The molecule has 0 saturated heterocycles. The van der Waals surface area contributed by atoms with Crippen LogP contribution in [0.4, 0.5) is 0 Å². The van der Waals surface area contributed by atoms with E-state index in [4.69, 9.17) is 4.74 Å². The summed E-state index contributed by atoms with van der Waals surface area (Å²) in [5, 5.41) is 7.75. The van der Waals surface area contributed by atoms with E-state index < -0.39 is 8.07 Å². The molecule has 190 valence electrons. The first-order valence-electron chi connectivity index (χ1n) is 13.8. The standard InChI is InChI=1S/C37H27NOSi/c1-26-14-13-23-33-36(26)39-37-34(40(33,28-17-7-3-8-18-28)29-19-9-4-10-20-29)25-24-31-30-21-11-12-22-32(30)38(35(31)37)27-15-5-2-6-16-27/h2-25H,1H3. The zero-order valence-electron chi connectivity index (χ0n) is 22.2. The van der Waals surface area contributed by atoms with E-state index in [1.54, 1.807) is 0 Å². The van der Waals surface area contributed by atoms with Crippen LogP contribution in [0.25, 0.3) is 27.5 Å². The Bertz CT molecular complexity index is 1990. The predicted molar refractivity (Wildman–Crippen MR) is 169 cm³/mol. The third kappa shape index (κ3) is 3.10. The first kappa shape index (κ1) is 23.1. The highest BCUT2D eigenvalue weighted by Crippen LogP contribution is 2.41. The summed E-state index contributed by atoms with van der Waals surface area (Å²) in [6.45, 7) is 2.17. The van der Waals surface area contributed by atoms with Gasteiger partial charge < -0.3 is 9.30 Å². The SMILES string of the molecule is Cc1cccc2c1Oc1c(ccc3c4ccccc4n(-c4ccccc4)c13)[Si]2(c1ccccc1)c1ccccc1. The van der Waals surface area contributed by atoms with Crippen molar-refractivity contribution in [2.45, 2.75) is 6.92 Å². The van der Waals surface area contributed by atoms with E-state index in [-0.39, 0.29) is 0 Å². The van der Waals surface area contributed by atoms with E-state index in [1.165, 1.54) is 37.0 Å². The summed E-state index contributed by atoms with van der Waals surface area (Å²) in [6.07, 6.45) is 0. The van der Waals surface area contributed by atoms with E-state index in [2.05, 4.69) is 157 Å². The fourth-order valence-electron chi connectivity index (χ4n) is 6.77. The zero-order valence-corrected chi connectivity index (χ0v) is 23.2. The fraction of sp³-hybridized carbons (Fsp3) is 0.0270. The molecule has 0 aliphatic carbocycles. The Hall–Kier alpha value is -4.86. The van der Waals surface area contributed by atoms with Crippen LogP contribution < -0.4 is 25.5 Å². The number of para-hydroxylation sites is 3. The first-order valence-corrected chi connectivity index (χ1v) is 15.8. The minimum absolute atomic E-state index is 0.971. The van der Waals surface area contributed by atoms with Gasteiger partial charge in [-0.05, 0) is 51.4 Å². The van der Waals surface area contributed by atoms with Gasteiger partial charge in [-0.25, -0.2) is 0 Å². The number of ether oxygens (including phenoxy) is 1. The molecule has 1 aliphatic rings. The van der Waals surface area contributed by atoms with Crippen LogP contribution >= 0.6 is 0 Å². The topological polar surface area (TPSA) is 14.2 Å². The molecule has 7 aromatic rings. The molecule has 0 fully saturated rings. The maximum absolute atomic E-state index is 7.13. The molecule has 0 spiro atoms. The molecular weight excluding hydrogens is 502 g/mol. The highest BCUT2D eigenvalue weighted by Gasteiger charge is 2.49. The van der Waals surface area contributed by atoms with Gasteiger partial charge in [0.05, 0.1) is 11.0 Å². The Balaban J connectivity index is 1.61. The van der Waals surface area contributed by atoms with Crippen LogP contribution in [0.5, 0.6) is 11.5 Å². The van der Waals surface area contributed by atoms with Crippen LogP contribution in [0.15, 0.2) is 146 Å². The number of hydrogen-bond donors (Lipinski definition) is 0. The molecule has 0 saturated carbocycles. The van der Waals surface area contributed by atoms with Crippen LogP contribution in [0, 0.1) is 6.92 Å². The van der Waals surface area contributed by atoms with Crippen molar-refractivity contribution in [1.82, 2.24) is 4.57 Å². The number of benzene rings is 6. The number of hydrogen-bond acceptors (Lipinski definition) is 1. The molecule has 0 amide bonds. The second-order valence-corrected chi connectivity index (χ2v) is 14.3. The van der Waals surface area contributed by atoms with Gasteiger partial charge in [-0.3, -0.25) is 0 Å². The monoisotopic (exact) mass is 529 g/mol. The maximum atomic E-state index is 7.13. The molecule has 0 bridgehead atoms. The summed E-state index contributed by atoms with van der Waals surface area (Å²) in [6, 6.07) is 52.9. The second kappa shape index (κ2) is 8.83. The molecule has 0 radical (unpaired) electrons. The Morgan fingerprint density at radius 3 is 1.80 bits per heavy atom. The summed E-state index contributed by atoms with van der Waals surface area (Å²) in [5.74, 6) is 1.96. The van der Waals surface area contributed by atoms with E-state index in [0.29, 0.717) is 0 Å². The van der Waals surface area contributed by atoms with Gasteiger partial charge in [-0.15, -0.1) is 0 Å². The van der Waals surface area contributed by atoms with Gasteiger partial charge in [0.2, 0.25) is 0 Å². The number of fused-ring (bicyclic) bond motifs is 6. The summed E-state index contributed by atoms with van der Waals surface area (Å²) in [7, 11) is -2.74. The van der Waals surface area contributed by atoms with Crippen LogP contribution in [0.1, 0.15) is 5.56 Å². The molecule has 3 heteroatoms. The summed E-state index contributed by atoms with van der Waals surface area (Å²) < 4.78 is 9.52. The van der Waals surface area contributed by atoms with E-state index in [1.807, 2.05) is 0 Å². The van der Waals surface area contributed by atoms with Crippen molar-refractivity contribution in [3.8, 4) is 17.2 Å². The molecule has 0 N–H and O–H groups in total. The molecule has 8 rings (SSSR count). The number of aromatic nitrogens is 1. The van der Waals surface area contributed by atoms with Gasteiger partial charge in [0, 0.05) is 16.5 Å². The van der Waals surface area contributed by atoms with Gasteiger partial charge in [-0.1, -0.05) is 127 Å². The van der Waals surface area contributed by atoms with Crippen LogP contribution in [-0.4, -0.2) is 12.6 Å². The minimum atomic E-state index is -2.74. The molecule has 0 atom stereocenters. The highest BCUT2D eigenvalue weighted by atomic mass is 28.3. The van der Waals surface area contributed by atoms with Crippen molar-refractivity contribution in [3.63, 3.8) is 0 Å².